The second kappa shape index (κ2) is 43.2. The summed E-state index contributed by atoms with van der Waals surface area (Å²) in [5, 5.41) is 2.77. The highest BCUT2D eigenvalue weighted by molar-refractivity contribution is 5.67. The number of hydrogen-bond donors (Lipinski definition) is 2. The van der Waals surface area contributed by atoms with Crippen LogP contribution in [0.1, 0.15) is 231 Å². The van der Waals surface area contributed by atoms with E-state index < -0.39 is 12.4 Å². The summed E-state index contributed by atoms with van der Waals surface area (Å²) in [6.45, 7) is 7.13. The van der Waals surface area contributed by atoms with Crippen LogP contribution in [0.4, 0.5) is 10.5 Å². The summed E-state index contributed by atoms with van der Waals surface area (Å²) in [4.78, 5) is 12.5. The maximum Gasteiger partial charge on any atom is 0.407 e. The normalized spacial score (nSPS) is 12.5. The molecule has 0 spiro atoms. The molecule has 1 rings (SSSR count). The fourth-order valence-electron chi connectivity index (χ4n) is 7.50. The highest BCUT2D eigenvalue weighted by atomic mass is 16.7. The lowest BCUT2D eigenvalue weighted by Crippen LogP contribution is -2.33. The van der Waals surface area contributed by atoms with E-state index in [1.165, 1.54) is 193 Å². The number of carbonyl (C=O) groups is 1. The van der Waals surface area contributed by atoms with Gasteiger partial charge in [-0.05, 0) is 25.0 Å². The van der Waals surface area contributed by atoms with Gasteiger partial charge in [0.2, 0.25) is 0 Å². The number of alkyl carbamates (subject to hydrolysis) is 1. The molecule has 0 fully saturated rings. The molecule has 58 heavy (non-hydrogen) atoms. The summed E-state index contributed by atoms with van der Waals surface area (Å²) in [5.41, 5.74) is 7.34. The second-order valence-corrected chi connectivity index (χ2v) is 16.8. The highest BCUT2D eigenvalue weighted by Gasteiger charge is 2.14. The standard InChI is InChI=1S/C50H94N2O6/c1-4-6-8-10-12-14-16-18-20-22-24-26-28-30-32-34-41-55-44-48(45-58-50(53)52-40-43-57-49(54-3)46-36-38-47(51)39-37-46)56-42-35-33-31-29-27-25-23-21-19-17-15-13-11-9-7-5-2/h36-39,48-49H,4-35,40-45,51H2,1-3H3,(H,52,53). The third-order valence-electron chi connectivity index (χ3n) is 11.3. The number of hydrogen-bond acceptors (Lipinski definition) is 7. The number of amides is 1. The molecule has 2 unspecified atom stereocenters. The fourth-order valence-corrected chi connectivity index (χ4v) is 7.50. The molecule has 0 aliphatic rings. The van der Waals surface area contributed by atoms with Gasteiger partial charge in [-0.2, -0.15) is 0 Å². The Morgan fingerprint density at radius 1 is 0.517 bits per heavy atom. The van der Waals surface area contributed by atoms with Crippen molar-refractivity contribution in [2.24, 2.45) is 0 Å². The van der Waals surface area contributed by atoms with E-state index in [1.54, 1.807) is 7.11 Å². The number of ether oxygens (including phenoxy) is 5. The monoisotopic (exact) mass is 819 g/mol. The first-order chi connectivity index (χ1) is 28.6. The van der Waals surface area contributed by atoms with Crippen molar-refractivity contribution in [3.8, 4) is 0 Å². The van der Waals surface area contributed by atoms with Gasteiger partial charge in [-0.25, -0.2) is 4.79 Å². The number of nitrogen functional groups attached to an aromatic ring is 1. The van der Waals surface area contributed by atoms with Gasteiger partial charge in [0, 0.05) is 38.1 Å². The molecular formula is C50H94N2O6. The Morgan fingerprint density at radius 3 is 1.33 bits per heavy atom. The third kappa shape index (κ3) is 36.0. The van der Waals surface area contributed by atoms with Gasteiger partial charge in [-0.1, -0.05) is 219 Å². The van der Waals surface area contributed by atoms with Gasteiger partial charge in [0.25, 0.3) is 0 Å². The molecule has 0 aliphatic heterocycles. The molecule has 1 amide bonds. The van der Waals surface area contributed by atoms with Crippen molar-refractivity contribution in [1.82, 2.24) is 5.32 Å². The number of rotatable bonds is 45. The van der Waals surface area contributed by atoms with Crippen molar-refractivity contribution in [2.75, 3.05) is 52.4 Å². The van der Waals surface area contributed by atoms with E-state index in [1.807, 2.05) is 24.3 Å². The molecule has 0 saturated carbocycles. The number of carbonyl (C=O) groups excluding carboxylic acids is 1. The first-order valence-electron chi connectivity index (χ1n) is 24.7. The maximum atomic E-state index is 12.5. The van der Waals surface area contributed by atoms with Crippen LogP contribution in [0.25, 0.3) is 0 Å². The molecule has 1 aromatic rings. The van der Waals surface area contributed by atoms with Crippen LogP contribution in [0.3, 0.4) is 0 Å². The van der Waals surface area contributed by atoms with Crippen molar-refractivity contribution in [3.05, 3.63) is 29.8 Å². The summed E-state index contributed by atoms with van der Waals surface area (Å²) in [6.07, 6.45) is 41.9. The van der Waals surface area contributed by atoms with Crippen molar-refractivity contribution in [2.45, 2.75) is 232 Å². The van der Waals surface area contributed by atoms with Crippen molar-refractivity contribution in [3.63, 3.8) is 0 Å². The van der Waals surface area contributed by atoms with Gasteiger partial charge in [0.15, 0.2) is 6.29 Å². The molecule has 3 N–H and O–H groups in total. The Bertz CT molecular complexity index is 979. The smallest absolute Gasteiger partial charge is 0.407 e. The third-order valence-corrected chi connectivity index (χ3v) is 11.3. The minimum absolute atomic E-state index is 0.163. The van der Waals surface area contributed by atoms with E-state index in [0.29, 0.717) is 25.4 Å². The van der Waals surface area contributed by atoms with Gasteiger partial charge in [-0.3, -0.25) is 0 Å². The minimum Gasteiger partial charge on any atom is -0.447 e. The lowest BCUT2D eigenvalue weighted by molar-refractivity contribution is -0.126. The van der Waals surface area contributed by atoms with Crippen molar-refractivity contribution < 1.29 is 28.5 Å². The molecule has 0 saturated heterocycles. The Kier molecular flexibility index (Phi) is 40.4. The summed E-state index contributed by atoms with van der Waals surface area (Å²) in [6, 6.07) is 7.36. The quantitative estimate of drug-likeness (QED) is 0.0384. The van der Waals surface area contributed by atoms with Crippen LogP contribution in [0.15, 0.2) is 24.3 Å². The molecule has 0 radical (unpaired) electrons. The van der Waals surface area contributed by atoms with Crippen LogP contribution in [0, 0.1) is 0 Å². The number of anilines is 1. The van der Waals surface area contributed by atoms with Crippen LogP contribution in [0.5, 0.6) is 0 Å². The average molecular weight is 819 g/mol. The Labute approximate surface area is 358 Å². The molecule has 0 bridgehead atoms. The maximum absolute atomic E-state index is 12.5. The van der Waals surface area contributed by atoms with Gasteiger partial charge in [-0.15, -0.1) is 0 Å². The topological polar surface area (TPSA) is 101 Å². The van der Waals surface area contributed by atoms with Crippen LogP contribution in [-0.4, -0.2) is 58.9 Å². The zero-order valence-corrected chi connectivity index (χ0v) is 38.4. The fraction of sp³-hybridized carbons (Fsp3) is 0.860. The molecule has 1 aromatic carbocycles. The molecule has 8 nitrogen and oxygen atoms in total. The number of methoxy groups -OCH3 is 1. The second-order valence-electron chi connectivity index (χ2n) is 16.8. The molecular weight excluding hydrogens is 725 g/mol. The predicted octanol–water partition coefficient (Wildman–Crippen LogP) is 14.6. The first-order valence-corrected chi connectivity index (χ1v) is 24.7. The summed E-state index contributed by atoms with van der Waals surface area (Å²) >= 11 is 0. The van der Waals surface area contributed by atoms with Crippen LogP contribution < -0.4 is 11.1 Å². The molecule has 0 heterocycles. The zero-order chi connectivity index (χ0) is 41.8. The highest BCUT2D eigenvalue weighted by Crippen LogP contribution is 2.19. The molecule has 2 atom stereocenters. The van der Waals surface area contributed by atoms with E-state index in [4.69, 9.17) is 29.4 Å². The summed E-state index contributed by atoms with van der Waals surface area (Å²) in [7, 11) is 1.59. The lowest BCUT2D eigenvalue weighted by atomic mass is 10.0. The van der Waals surface area contributed by atoms with Gasteiger partial charge in [0.05, 0.1) is 13.2 Å². The largest absolute Gasteiger partial charge is 0.447 e. The van der Waals surface area contributed by atoms with Crippen molar-refractivity contribution >= 4 is 11.8 Å². The number of unbranched alkanes of at least 4 members (excludes halogenated alkanes) is 30. The first kappa shape index (κ1) is 54.1. The van der Waals surface area contributed by atoms with E-state index in [0.717, 1.165) is 25.0 Å². The molecule has 340 valence electrons. The molecule has 0 aromatic heterocycles. The van der Waals surface area contributed by atoms with E-state index in [-0.39, 0.29) is 19.3 Å². The minimum atomic E-state index is -0.535. The number of nitrogens with two attached hydrogens (primary N) is 1. The van der Waals surface area contributed by atoms with Gasteiger partial charge < -0.3 is 34.7 Å². The van der Waals surface area contributed by atoms with E-state index in [9.17, 15) is 4.79 Å². The van der Waals surface area contributed by atoms with Crippen LogP contribution in [-0.2, 0) is 23.7 Å². The Morgan fingerprint density at radius 2 is 0.914 bits per heavy atom. The molecule has 0 aliphatic carbocycles. The SMILES string of the molecule is CCCCCCCCCCCCCCCCCCOCC(COC(=O)NCCOC(OC)c1ccc(N)cc1)OCCCCCCCCCCCCCCCCCC. The van der Waals surface area contributed by atoms with Gasteiger partial charge >= 0.3 is 6.09 Å². The lowest BCUT2D eigenvalue weighted by Gasteiger charge is -2.19. The van der Waals surface area contributed by atoms with Crippen LogP contribution >= 0.6 is 0 Å². The van der Waals surface area contributed by atoms with Gasteiger partial charge in [0.1, 0.15) is 12.7 Å². The predicted molar refractivity (Wildman–Crippen MR) is 246 cm³/mol. The zero-order valence-electron chi connectivity index (χ0n) is 38.4. The molecule has 8 heteroatoms. The average Bonchev–Trinajstić information content (AvgIpc) is 3.23. The summed E-state index contributed by atoms with van der Waals surface area (Å²) < 4.78 is 29.0. The van der Waals surface area contributed by atoms with E-state index in [2.05, 4.69) is 19.2 Å². The van der Waals surface area contributed by atoms with Crippen LogP contribution in [0.2, 0.25) is 0 Å². The summed E-state index contributed by atoms with van der Waals surface area (Å²) in [5.74, 6) is 0. The Balaban J connectivity index is 2.20. The number of benzene rings is 1. The van der Waals surface area contributed by atoms with E-state index >= 15 is 0 Å². The van der Waals surface area contributed by atoms with Crippen molar-refractivity contribution in [1.29, 1.82) is 0 Å². The number of nitrogens with one attached hydrogen (secondary N) is 1. The Hall–Kier alpha value is -1.87.